The van der Waals surface area contributed by atoms with E-state index >= 15 is 0 Å². The third kappa shape index (κ3) is 1.85. The zero-order valence-corrected chi connectivity index (χ0v) is 9.37. The van der Waals surface area contributed by atoms with Gasteiger partial charge in [0.25, 0.3) is 0 Å². The third-order valence-electron chi connectivity index (χ3n) is 2.56. The van der Waals surface area contributed by atoms with Gasteiger partial charge in [-0.15, -0.1) is 0 Å². The first-order valence-corrected chi connectivity index (χ1v) is 5.33. The highest BCUT2D eigenvalue weighted by Gasteiger charge is 2.03. The summed E-state index contributed by atoms with van der Waals surface area (Å²) in [6.45, 7) is 0. The highest BCUT2D eigenvalue weighted by Crippen LogP contribution is 2.23. The van der Waals surface area contributed by atoms with E-state index in [-0.39, 0.29) is 0 Å². The van der Waals surface area contributed by atoms with Gasteiger partial charge in [0.1, 0.15) is 5.75 Å². The number of aromatic nitrogens is 3. The van der Waals surface area contributed by atoms with Crippen LogP contribution in [-0.4, -0.2) is 14.5 Å². The van der Waals surface area contributed by atoms with Crippen molar-refractivity contribution in [2.75, 3.05) is 0 Å². The van der Waals surface area contributed by atoms with E-state index in [4.69, 9.17) is 4.74 Å². The fraction of sp³-hybridized carbons (Fsp3) is 0.0769. The quantitative estimate of drug-likeness (QED) is 0.673. The molecule has 0 spiro atoms. The molecule has 3 rings (SSSR count). The summed E-state index contributed by atoms with van der Waals surface area (Å²) in [5, 5.41) is 0. The molecule has 0 N–H and O–H groups in total. The van der Waals surface area contributed by atoms with Gasteiger partial charge in [-0.2, -0.15) is 0 Å². The molecule has 2 aromatic heterocycles. The van der Waals surface area contributed by atoms with Crippen LogP contribution in [0.3, 0.4) is 0 Å². The van der Waals surface area contributed by atoms with Crippen molar-refractivity contribution in [2.24, 2.45) is 7.05 Å². The molecule has 3 aromatic rings. The van der Waals surface area contributed by atoms with Crippen molar-refractivity contribution in [3.05, 3.63) is 48.9 Å². The number of imidazole rings is 1. The van der Waals surface area contributed by atoms with Gasteiger partial charge in [-0.3, -0.25) is 0 Å². The minimum absolute atomic E-state index is 0.592. The number of fused-ring (bicyclic) bond motifs is 1. The van der Waals surface area contributed by atoms with Crippen LogP contribution in [0.25, 0.3) is 11.0 Å². The van der Waals surface area contributed by atoms with Crippen molar-refractivity contribution < 1.29 is 4.74 Å². The molecule has 2 heterocycles. The van der Waals surface area contributed by atoms with Crippen molar-refractivity contribution >= 4 is 11.0 Å². The fourth-order valence-corrected chi connectivity index (χ4v) is 1.70. The first kappa shape index (κ1) is 9.84. The summed E-state index contributed by atoms with van der Waals surface area (Å²) < 4.78 is 7.62. The molecular weight excluding hydrogens is 214 g/mol. The Bertz CT molecular complexity index is 646. The third-order valence-corrected chi connectivity index (χ3v) is 2.56. The van der Waals surface area contributed by atoms with Gasteiger partial charge >= 0.3 is 0 Å². The van der Waals surface area contributed by atoms with Crippen molar-refractivity contribution in [2.45, 2.75) is 0 Å². The predicted molar refractivity (Wildman–Crippen MR) is 65.0 cm³/mol. The second-order valence-electron chi connectivity index (χ2n) is 3.78. The standard InChI is InChI=1S/C13H11N3O/c1-16-9-15-11-6-5-10(8-12(11)16)17-13-4-2-3-7-14-13/h2-9H,1H3. The van der Waals surface area contributed by atoms with E-state index in [1.54, 1.807) is 12.5 Å². The molecule has 0 aliphatic rings. The van der Waals surface area contributed by atoms with Crippen LogP contribution in [0.15, 0.2) is 48.9 Å². The van der Waals surface area contributed by atoms with Crippen LogP contribution >= 0.6 is 0 Å². The number of pyridine rings is 1. The van der Waals surface area contributed by atoms with Crippen LogP contribution in [-0.2, 0) is 7.05 Å². The van der Waals surface area contributed by atoms with Crippen molar-refractivity contribution in [1.82, 2.24) is 14.5 Å². The van der Waals surface area contributed by atoms with Gasteiger partial charge in [0.05, 0.1) is 17.4 Å². The smallest absolute Gasteiger partial charge is 0.219 e. The second kappa shape index (κ2) is 3.90. The zero-order valence-electron chi connectivity index (χ0n) is 9.37. The fourth-order valence-electron chi connectivity index (χ4n) is 1.70. The van der Waals surface area contributed by atoms with Crippen LogP contribution in [0.2, 0.25) is 0 Å². The molecule has 0 aliphatic heterocycles. The highest BCUT2D eigenvalue weighted by atomic mass is 16.5. The second-order valence-corrected chi connectivity index (χ2v) is 3.78. The molecule has 0 unspecified atom stereocenters. The van der Waals surface area contributed by atoms with E-state index in [9.17, 15) is 0 Å². The number of aryl methyl sites for hydroxylation is 1. The van der Waals surface area contributed by atoms with Gasteiger partial charge < -0.3 is 9.30 Å². The Kier molecular flexibility index (Phi) is 2.26. The molecule has 0 radical (unpaired) electrons. The van der Waals surface area contributed by atoms with Crippen molar-refractivity contribution in [3.63, 3.8) is 0 Å². The summed E-state index contributed by atoms with van der Waals surface area (Å²) in [6.07, 6.45) is 3.49. The van der Waals surface area contributed by atoms with E-state index < -0.39 is 0 Å². The van der Waals surface area contributed by atoms with Crippen LogP contribution in [0.4, 0.5) is 0 Å². The average Bonchev–Trinajstić information content (AvgIpc) is 2.73. The number of nitrogens with zero attached hydrogens (tertiary/aromatic N) is 3. The number of rotatable bonds is 2. The molecule has 0 aliphatic carbocycles. The number of ether oxygens (including phenoxy) is 1. The van der Waals surface area contributed by atoms with Gasteiger partial charge in [-0.05, 0) is 18.2 Å². The summed E-state index contributed by atoms with van der Waals surface area (Å²) >= 11 is 0. The monoisotopic (exact) mass is 225 g/mol. The largest absolute Gasteiger partial charge is 0.439 e. The molecule has 0 saturated carbocycles. The zero-order chi connectivity index (χ0) is 11.7. The molecule has 1 aromatic carbocycles. The number of hydrogen-bond donors (Lipinski definition) is 0. The van der Waals surface area contributed by atoms with Crippen molar-refractivity contribution in [3.8, 4) is 11.6 Å². The van der Waals surface area contributed by atoms with E-state index in [1.165, 1.54) is 0 Å². The Hall–Kier alpha value is -2.36. The maximum absolute atomic E-state index is 5.66. The van der Waals surface area contributed by atoms with Crippen molar-refractivity contribution in [1.29, 1.82) is 0 Å². The summed E-state index contributed by atoms with van der Waals surface area (Å²) in [5.41, 5.74) is 2.00. The van der Waals surface area contributed by atoms with E-state index in [1.807, 2.05) is 48.0 Å². The molecule has 0 saturated heterocycles. The van der Waals surface area contributed by atoms with E-state index in [2.05, 4.69) is 9.97 Å². The van der Waals surface area contributed by atoms with E-state index in [0.717, 1.165) is 16.8 Å². The lowest BCUT2D eigenvalue weighted by Gasteiger charge is -2.04. The lowest BCUT2D eigenvalue weighted by atomic mass is 10.3. The Morgan fingerprint density at radius 2 is 2.06 bits per heavy atom. The minimum atomic E-state index is 0.592. The molecule has 4 heteroatoms. The molecule has 17 heavy (non-hydrogen) atoms. The summed E-state index contributed by atoms with van der Waals surface area (Å²) in [6, 6.07) is 11.4. The van der Waals surface area contributed by atoms with Gasteiger partial charge in [0.2, 0.25) is 5.88 Å². The number of benzene rings is 1. The summed E-state index contributed by atoms with van der Waals surface area (Å²) in [4.78, 5) is 8.38. The first-order valence-electron chi connectivity index (χ1n) is 5.33. The lowest BCUT2D eigenvalue weighted by molar-refractivity contribution is 0.463. The number of hydrogen-bond acceptors (Lipinski definition) is 3. The Balaban J connectivity index is 1.98. The maximum Gasteiger partial charge on any atom is 0.219 e. The molecule has 0 fully saturated rings. The average molecular weight is 225 g/mol. The lowest BCUT2D eigenvalue weighted by Crippen LogP contribution is -1.88. The predicted octanol–water partition coefficient (Wildman–Crippen LogP) is 2.76. The molecule has 0 atom stereocenters. The van der Waals surface area contributed by atoms with E-state index in [0.29, 0.717) is 5.88 Å². The Labute approximate surface area is 98.5 Å². The van der Waals surface area contributed by atoms with Gasteiger partial charge in [0, 0.05) is 25.4 Å². The molecule has 84 valence electrons. The molecule has 0 bridgehead atoms. The summed E-state index contributed by atoms with van der Waals surface area (Å²) in [7, 11) is 1.96. The topological polar surface area (TPSA) is 39.9 Å². The van der Waals surface area contributed by atoms with Crippen LogP contribution in [0.1, 0.15) is 0 Å². The molecule has 4 nitrogen and oxygen atoms in total. The normalized spacial score (nSPS) is 10.6. The maximum atomic E-state index is 5.66. The van der Waals surface area contributed by atoms with Gasteiger partial charge in [0.15, 0.2) is 0 Å². The van der Waals surface area contributed by atoms with Crippen LogP contribution in [0.5, 0.6) is 11.6 Å². The Morgan fingerprint density at radius 1 is 1.12 bits per heavy atom. The molecule has 0 amide bonds. The first-order chi connectivity index (χ1) is 8.33. The minimum Gasteiger partial charge on any atom is -0.439 e. The Morgan fingerprint density at radius 3 is 2.88 bits per heavy atom. The highest BCUT2D eigenvalue weighted by molar-refractivity contribution is 5.76. The van der Waals surface area contributed by atoms with Crippen LogP contribution in [0, 0.1) is 0 Å². The summed E-state index contributed by atoms with van der Waals surface area (Å²) in [5.74, 6) is 1.36. The van der Waals surface area contributed by atoms with Gasteiger partial charge in [-0.1, -0.05) is 6.07 Å². The van der Waals surface area contributed by atoms with Gasteiger partial charge in [-0.25, -0.2) is 9.97 Å². The molecular formula is C13H11N3O. The van der Waals surface area contributed by atoms with Crippen LogP contribution < -0.4 is 4.74 Å². The SMILES string of the molecule is Cn1cnc2ccc(Oc3ccccn3)cc21.